The van der Waals surface area contributed by atoms with Gasteiger partial charge in [0.05, 0.1) is 66.2 Å². The molecule has 0 spiro atoms. The fourth-order valence-electron chi connectivity index (χ4n) is 18.9. The zero-order chi connectivity index (χ0) is 106. The summed E-state index contributed by atoms with van der Waals surface area (Å²) in [6, 6.07) is 18.1. The number of nitriles is 1. The number of aliphatic hydroxyl groups excluding tert-OH is 1. The molecule has 12 amide bonds. The topological polar surface area (TPSA) is 419 Å². The maximum absolute atomic E-state index is 13.0. The summed E-state index contributed by atoms with van der Waals surface area (Å²) in [5, 5.41) is 55.6. The molecule has 0 saturated carbocycles. The number of pyridine rings is 4. The van der Waals surface area contributed by atoms with E-state index in [0.29, 0.717) is 126 Å². The Hall–Kier alpha value is -10.3. The fraction of sp³-hybridized carbons (Fsp3) is 0.548. The number of rotatable bonds is 42. The van der Waals surface area contributed by atoms with Gasteiger partial charge < -0.3 is 81.5 Å². The van der Waals surface area contributed by atoms with Crippen molar-refractivity contribution < 1.29 is 62.7 Å². The van der Waals surface area contributed by atoms with E-state index in [2.05, 4.69) is 143 Å². The van der Waals surface area contributed by atoms with E-state index >= 15 is 0 Å². The average Bonchev–Trinajstić information content (AvgIpc) is 1.13. The molecule has 0 radical (unpaired) electrons. The molecule has 0 aromatic carbocycles. The molecule has 0 bridgehead atoms. The van der Waals surface area contributed by atoms with Crippen molar-refractivity contribution in [3.8, 4) is 6.07 Å². The highest BCUT2D eigenvalue weighted by Crippen LogP contribution is 2.31. The molecule has 1 unspecified atom stereocenters. The predicted molar refractivity (Wildman–Crippen MR) is 576 cm³/mol. The Balaban J connectivity index is 0.000000217. The molecule has 796 valence electrons. The number of amides is 12. The second-order valence-corrected chi connectivity index (χ2v) is 42.0. The number of hydrogen-bond acceptors (Lipinski definition) is 27. The molecule has 0 aliphatic carbocycles. The van der Waals surface area contributed by atoms with Crippen molar-refractivity contribution in [3.63, 3.8) is 0 Å². The summed E-state index contributed by atoms with van der Waals surface area (Å²) in [4.78, 5) is 170. The molecule has 35 nitrogen and oxygen atoms in total. The summed E-state index contributed by atoms with van der Waals surface area (Å²) >= 11 is 24.5. The number of urea groups is 2. The number of aromatic nitrogens is 4. The van der Waals surface area contributed by atoms with Crippen LogP contribution in [0, 0.1) is 59.8 Å². The van der Waals surface area contributed by atoms with Crippen molar-refractivity contribution in [2.45, 2.75) is 254 Å². The van der Waals surface area contributed by atoms with Crippen molar-refractivity contribution in [2.24, 2.45) is 0 Å². The van der Waals surface area contributed by atoms with Crippen LogP contribution < -0.4 is 48.2 Å². The van der Waals surface area contributed by atoms with Crippen LogP contribution in [0.1, 0.15) is 249 Å². The minimum absolute atomic E-state index is 0.0611. The van der Waals surface area contributed by atoms with Gasteiger partial charge in [0.1, 0.15) is 40.0 Å². The molecule has 8 aromatic rings. The third-order valence-corrected chi connectivity index (χ3v) is 31.0. The lowest BCUT2D eigenvalue weighted by Crippen LogP contribution is -2.51. The number of aryl methyl sites for hydroxylation is 7. The number of thiophene rings is 4. The van der Waals surface area contributed by atoms with Crippen LogP contribution in [0.15, 0.2) is 91.6 Å². The van der Waals surface area contributed by atoms with E-state index in [9.17, 15) is 53.1 Å². The zero-order valence-electron chi connectivity index (χ0n) is 87.0. The summed E-state index contributed by atoms with van der Waals surface area (Å²) in [5.41, 5.74) is 16.5. The number of piperidine rings is 4. The number of carbonyl (C=O) groups excluding carboxylic acids is 10. The van der Waals surface area contributed by atoms with Crippen molar-refractivity contribution in [1.82, 2.24) is 107 Å². The van der Waals surface area contributed by atoms with Gasteiger partial charge >= 0.3 is 12.1 Å². The SMILES string of the molecule is CCC(C)NC(=O)c1cc(C)c(C(=O)NCC[C@@H](C)N2CCC(N(Cc3ccsc3)C(=O)NOC)CC2)c(C)n1.CNCC(=O)N(Cc1ccsc1)C1CCN([C@H](C)CCNC(=O)c2c(C)cc(Cl)nc2C)CC1.CONC(=O)N(Cc1ccsc1)C1CCN([C@H](C)CCNC(=O)c2c(C)cc(C(=O)NCC#N)nc2C)CC1.Cc1cc(Cl)nc(Cl)c1C(=O)NCC[C@@H](C)N1CCC(N(Cc2ccsc2)C(=O)CO)CC1. The molecule has 10 N–H and O–H groups in total. The summed E-state index contributed by atoms with van der Waals surface area (Å²) in [7, 11) is 4.70. The molecular formula is C104H147Cl3N22O13S4. The van der Waals surface area contributed by atoms with E-state index < -0.39 is 12.5 Å². The van der Waals surface area contributed by atoms with Crippen molar-refractivity contribution in [1.29, 1.82) is 5.26 Å². The molecule has 4 saturated heterocycles. The van der Waals surface area contributed by atoms with E-state index in [4.69, 9.17) is 49.7 Å². The van der Waals surface area contributed by atoms with Crippen LogP contribution in [0.5, 0.6) is 0 Å². The van der Waals surface area contributed by atoms with Gasteiger partial charge in [-0.2, -0.15) is 50.6 Å². The minimum atomic E-state index is -0.465. The van der Waals surface area contributed by atoms with Crippen molar-refractivity contribution in [3.05, 3.63) is 202 Å². The van der Waals surface area contributed by atoms with E-state index in [-0.39, 0.29) is 124 Å². The highest BCUT2D eigenvalue weighted by Gasteiger charge is 2.36. The standard InChI is InChI=1S/C29H44N6O4S.C27H37N7O4S.C25H36ClN5O2S.C23H30Cl2N4O3S/c1-7-20(3)31-27(36)25-16-19(2)26(22(5)32-25)28(37)30-12-8-21(4)34-13-9-24(10-14-34)35(29(38)33-39-6)17-23-11-15-40-18-23;1-18-15-23(25(35)30-11-9-28)31-20(3)24(18)26(36)29-10-5-19(2)33-12-6-22(7-13-33)34(27(37)32-38-4)16-21-8-14-39-17-21;1-17-13-22(26)29-19(3)24(17)25(33)28-9-5-18(2)30-10-6-21(7-11-30)31(23(32)14-27-4)15-20-8-12-34-16-20;1-15-11-19(24)27-22(25)21(15)23(32)26-7-3-16(2)28-8-4-18(5-9-28)29(20(31)13-30)12-17-6-10-33-14-17/h11,15-16,18,20-21,24H,7-10,12-14,17H2,1-6H3,(H,30,37)(H,31,36)(H,33,38);8,14-15,17,19,22H,5-7,10-13,16H2,1-4H3,(H,29,36)(H,30,35)(H,32,37);8,12-13,16,18,21,27H,5-7,9-11,14-15H2,1-4H3,(H,28,33);6,10-11,14,16,18,30H,3-5,7-9,12-13H2,1-2H3,(H,26,32)/t20?,21-;19-;18-;16-/m1111/s1. The maximum atomic E-state index is 13.0. The van der Waals surface area contributed by atoms with Gasteiger partial charge in [-0.3, -0.25) is 48.0 Å². The molecule has 42 heteroatoms. The van der Waals surface area contributed by atoms with Gasteiger partial charge in [0.2, 0.25) is 11.8 Å². The highest BCUT2D eigenvalue weighted by atomic mass is 35.5. The van der Waals surface area contributed by atoms with E-state index in [1.54, 1.807) is 97.3 Å². The Morgan fingerprint density at radius 2 is 0.747 bits per heavy atom. The number of halogens is 3. The molecule has 12 heterocycles. The third kappa shape index (κ3) is 36.3. The monoisotopic (exact) mass is 2140 g/mol. The fourth-order valence-corrected chi connectivity index (χ4v) is 22.5. The molecule has 4 aliphatic rings. The van der Waals surface area contributed by atoms with Gasteiger partial charge in [0.15, 0.2) is 0 Å². The molecular weight excluding hydrogens is 2000 g/mol. The lowest BCUT2D eigenvalue weighted by Gasteiger charge is -2.41. The number of likely N-dealkylation sites (tertiary alicyclic amines) is 4. The average molecular weight is 2150 g/mol. The van der Waals surface area contributed by atoms with Crippen LogP contribution >= 0.6 is 80.1 Å². The van der Waals surface area contributed by atoms with Gasteiger partial charge in [0, 0.05) is 159 Å². The van der Waals surface area contributed by atoms with E-state index in [1.165, 1.54) is 19.8 Å². The van der Waals surface area contributed by atoms with Gasteiger partial charge in [-0.05, 0) is 310 Å². The summed E-state index contributed by atoms with van der Waals surface area (Å²) < 4.78 is 0. The highest BCUT2D eigenvalue weighted by molar-refractivity contribution is 7.08. The number of likely N-dealkylation sites (N-methyl/N-ethyl adjacent to an activating group) is 1. The van der Waals surface area contributed by atoms with Crippen molar-refractivity contribution >= 4 is 139 Å². The Kier molecular flexibility index (Phi) is 49.8. The number of carbonyl (C=O) groups is 10. The Morgan fingerprint density at radius 1 is 0.438 bits per heavy atom. The number of aliphatic hydroxyl groups is 1. The van der Waals surface area contributed by atoms with Crippen LogP contribution in [0.3, 0.4) is 0 Å². The van der Waals surface area contributed by atoms with Crippen LogP contribution in [-0.4, -0.2) is 297 Å². The molecule has 4 fully saturated rings. The number of nitrogens with one attached hydrogen (secondary N) is 9. The first kappa shape index (κ1) is 119. The predicted octanol–water partition coefficient (Wildman–Crippen LogP) is 14.2. The Bertz CT molecular complexity index is 5470. The Labute approximate surface area is 890 Å². The van der Waals surface area contributed by atoms with Crippen LogP contribution in [0.2, 0.25) is 15.5 Å². The van der Waals surface area contributed by atoms with Gasteiger partial charge in [-0.15, -0.1) is 0 Å². The summed E-state index contributed by atoms with van der Waals surface area (Å²) in [5.74, 6) is -1.47. The second-order valence-electron chi connectivity index (χ2n) is 37.7. The molecule has 5 atom stereocenters. The van der Waals surface area contributed by atoms with Crippen LogP contribution in [0.25, 0.3) is 0 Å². The normalized spacial score (nSPS) is 15.5. The third-order valence-electron chi connectivity index (χ3n) is 27.4. The lowest BCUT2D eigenvalue weighted by atomic mass is 10.00. The summed E-state index contributed by atoms with van der Waals surface area (Å²) in [6.45, 7) is 36.6. The van der Waals surface area contributed by atoms with E-state index in [1.807, 2.05) is 107 Å². The first-order valence-electron chi connectivity index (χ1n) is 50.0. The molecule has 12 rings (SSSR count). The zero-order valence-corrected chi connectivity index (χ0v) is 92.5. The molecule has 8 aromatic heterocycles. The van der Waals surface area contributed by atoms with Gasteiger partial charge in [-0.1, -0.05) is 41.7 Å². The smallest absolute Gasteiger partial charge is 0.341 e. The van der Waals surface area contributed by atoms with Gasteiger partial charge in [-0.25, -0.2) is 40.5 Å². The number of hydrogen-bond donors (Lipinski definition) is 10. The first-order valence-corrected chi connectivity index (χ1v) is 54.9. The van der Waals surface area contributed by atoms with Gasteiger partial charge in [0.25, 0.3) is 35.4 Å². The molecule has 4 aliphatic heterocycles. The molecule has 146 heavy (non-hydrogen) atoms. The largest absolute Gasteiger partial charge is 0.387 e. The number of nitrogens with zero attached hydrogens (tertiary/aromatic N) is 13. The quantitative estimate of drug-likeness (QED) is 0.00965. The van der Waals surface area contributed by atoms with Crippen molar-refractivity contribution in [2.75, 3.05) is 120 Å². The van der Waals surface area contributed by atoms with E-state index in [0.717, 1.165) is 164 Å². The first-order chi connectivity index (χ1) is 70.0. The summed E-state index contributed by atoms with van der Waals surface area (Å²) in [6.07, 6.45) is 11.2. The van der Waals surface area contributed by atoms with Crippen LogP contribution in [0.4, 0.5) is 9.59 Å². The lowest BCUT2D eigenvalue weighted by molar-refractivity contribution is -0.138. The minimum Gasteiger partial charge on any atom is -0.387 e. The van der Waals surface area contributed by atoms with Crippen LogP contribution in [-0.2, 0) is 45.4 Å². The number of hydroxylamine groups is 2. The Morgan fingerprint density at radius 3 is 1.05 bits per heavy atom. The maximum Gasteiger partial charge on any atom is 0.341 e. The second kappa shape index (κ2) is 61.0.